The molecule has 2 saturated heterocycles. The van der Waals surface area contributed by atoms with Crippen LogP contribution in [0, 0.1) is 17.0 Å². The number of amides is 1. The van der Waals surface area contributed by atoms with Crippen molar-refractivity contribution in [3.8, 4) is 17.1 Å². The molecule has 3 fully saturated rings. The van der Waals surface area contributed by atoms with E-state index in [1.807, 2.05) is 4.90 Å². The number of benzene rings is 1. The van der Waals surface area contributed by atoms with Gasteiger partial charge in [-0.05, 0) is 38.0 Å². The summed E-state index contributed by atoms with van der Waals surface area (Å²) in [7, 11) is 0. The molecule has 0 bridgehead atoms. The Morgan fingerprint density at radius 3 is 2.72 bits per heavy atom. The summed E-state index contributed by atoms with van der Waals surface area (Å²) in [6.07, 6.45) is 4.55. The maximum absolute atomic E-state index is 17.0. The number of aliphatic hydroxyl groups is 1. The van der Waals surface area contributed by atoms with Crippen molar-refractivity contribution < 1.29 is 32.9 Å². The Morgan fingerprint density at radius 2 is 1.96 bits per heavy atom. The van der Waals surface area contributed by atoms with Crippen LogP contribution in [0.2, 0.25) is 0 Å². The lowest BCUT2D eigenvalue weighted by molar-refractivity contribution is -0.117. The van der Waals surface area contributed by atoms with Gasteiger partial charge in [0, 0.05) is 61.7 Å². The van der Waals surface area contributed by atoms with Crippen LogP contribution in [0.3, 0.4) is 0 Å². The number of hydrogen-bond donors (Lipinski definition) is 3. The third-order valence-electron chi connectivity index (χ3n) is 10.4. The van der Waals surface area contributed by atoms with Gasteiger partial charge in [-0.2, -0.15) is 0 Å². The second-order valence-electron chi connectivity index (χ2n) is 13.9. The highest BCUT2D eigenvalue weighted by Crippen LogP contribution is 2.57. The summed E-state index contributed by atoms with van der Waals surface area (Å²) < 4.78 is 50.1. The first kappa shape index (κ1) is 33.1. The fourth-order valence-corrected chi connectivity index (χ4v) is 8.48. The van der Waals surface area contributed by atoms with Crippen LogP contribution in [0.4, 0.5) is 19.6 Å². The van der Waals surface area contributed by atoms with E-state index in [-0.39, 0.29) is 62.0 Å². The molecule has 6 heterocycles. The second-order valence-corrected chi connectivity index (χ2v) is 14.9. The van der Waals surface area contributed by atoms with Gasteiger partial charge in [0.1, 0.15) is 23.1 Å². The number of nitrogen functional groups attached to an aromatic ring is 1. The summed E-state index contributed by atoms with van der Waals surface area (Å²) in [6.45, 7) is 10.4. The number of hydrogen-bond acceptors (Lipinski definition) is 12. The molecule has 0 unspecified atom stereocenters. The van der Waals surface area contributed by atoms with Crippen molar-refractivity contribution in [2.45, 2.75) is 43.9 Å². The van der Waals surface area contributed by atoms with Gasteiger partial charge in [0.05, 0.1) is 59.5 Å². The van der Waals surface area contributed by atoms with Gasteiger partial charge < -0.3 is 35.3 Å². The lowest BCUT2D eigenvalue weighted by Gasteiger charge is -2.43. The zero-order valence-electron chi connectivity index (χ0n) is 27.7. The molecule has 1 amide bonds. The number of ether oxygens (including phenoxy) is 3. The van der Waals surface area contributed by atoms with Gasteiger partial charge in [0.15, 0.2) is 10.9 Å². The minimum atomic E-state index is -1.40. The number of halogens is 2. The van der Waals surface area contributed by atoms with Gasteiger partial charge >= 0.3 is 0 Å². The van der Waals surface area contributed by atoms with Crippen molar-refractivity contribution in [2.75, 3.05) is 69.8 Å². The standard InChI is InChI=1S/C35H39F2N7O5S/c1-3-24(45)40-19-16-44(10-13-48-17-19)30-21-15-39-27(20-4-5-22(36)31-29(20)42-33(38)50-31)26(37)28(21)41-32-25(30)34(2,46)14-23(49-32)35(6-7-35)18-43-8-11-47-12-9-43/h3-5,15,19,23,46H,1,6-14,16-18H2,2H3,(H2,38,42)(H,40,45)/t19-,23+,34+/m0/s1. The van der Waals surface area contributed by atoms with Gasteiger partial charge in [-0.3, -0.25) is 14.7 Å². The van der Waals surface area contributed by atoms with E-state index >= 15 is 4.39 Å². The number of morpholine rings is 1. The van der Waals surface area contributed by atoms with E-state index in [4.69, 9.17) is 24.9 Å². The van der Waals surface area contributed by atoms with Crippen LogP contribution in [0.5, 0.6) is 5.88 Å². The molecule has 0 radical (unpaired) electrons. The van der Waals surface area contributed by atoms with E-state index in [0.717, 1.165) is 43.8 Å². The normalized spacial score (nSPS) is 25.2. The largest absolute Gasteiger partial charge is 0.473 e. The summed E-state index contributed by atoms with van der Waals surface area (Å²) in [4.78, 5) is 30.3. The highest BCUT2D eigenvalue weighted by Gasteiger charge is 2.56. The Bertz CT molecular complexity index is 2000. The van der Waals surface area contributed by atoms with E-state index in [9.17, 15) is 14.3 Å². The quantitative estimate of drug-likeness (QED) is 0.241. The van der Waals surface area contributed by atoms with Crippen LogP contribution >= 0.6 is 11.3 Å². The fraction of sp³-hybridized carbons (Fsp3) is 0.486. The van der Waals surface area contributed by atoms with Crippen LogP contribution in [0.25, 0.3) is 32.4 Å². The molecule has 4 aromatic rings. The summed E-state index contributed by atoms with van der Waals surface area (Å²) in [5.41, 5.74) is 5.69. The number of carbonyl (C=O) groups is 1. The zero-order chi connectivity index (χ0) is 34.8. The number of pyridine rings is 2. The van der Waals surface area contributed by atoms with Crippen molar-refractivity contribution in [3.63, 3.8) is 0 Å². The highest BCUT2D eigenvalue weighted by molar-refractivity contribution is 7.22. The van der Waals surface area contributed by atoms with Crippen LogP contribution in [-0.4, -0.2) is 102 Å². The van der Waals surface area contributed by atoms with Crippen LogP contribution in [0.1, 0.15) is 31.7 Å². The number of aromatic nitrogens is 3. The highest BCUT2D eigenvalue weighted by atomic mass is 32.1. The molecule has 15 heteroatoms. The first-order valence-corrected chi connectivity index (χ1v) is 17.7. The number of nitrogens with one attached hydrogen (secondary N) is 1. The van der Waals surface area contributed by atoms with Crippen molar-refractivity contribution in [2.24, 2.45) is 5.41 Å². The van der Waals surface area contributed by atoms with Crippen LogP contribution in [-0.2, 0) is 19.9 Å². The van der Waals surface area contributed by atoms with Crippen LogP contribution < -0.4 is 20.7 Å². The van der Waals surface area contributed by atoms with Gasteiger partial charge in [-0.1, -0.05) is 17.9 Å². The average molecular weight is 708 g/mol. The number of carbonyl (C=O) groups excluding carboxylic acids is 1. The lowest BCUT2D eigenvalue weighted by Crippen LogP contribution is -2.49. The molecule has 264 valence electrons. The van der Waals surface area contributed by atoms with E-state index in [1.165, 1.54) is 24.4 Å². The maximum atomic E-state index is 17.0. The Kier molecular flexibility index (Phi) is 8.38. The monoisotopic (exact) mass is 707 g/mol. The maximum Gasteiger partial charge on any atom is 0.243 e. The third kappa shape index (κ3) is 5.84. The summed E-state index contributed by atoms with van der Waals surface area (Å²) >= 11 is 0.978. The molecular formula is C35H39F2N7O5S. The zero-order valence-corrected chi connectivity index (χ0v) is 28.5. The van der Waals surface area contributed by atoms with E-state index in [1.54, 1.807) is 6.92 Å². The number of thiazole rings is 1. The molecule has 50 heavy (non-hydrogen) atoms. The van der Waals surface area contributed by atoms with Gasteiger partial charge in [0.2, 0.25) is 11.8 Å². The number of nitrogens with zero attached hydrogens (tertiary/aromatic N) is 5. The SMILES string of the molecule is C=CC(=O)N[C@@H]1COCCN(c2c3c(nc4c(F)c(-c5ccc(F)c6sc(N)nc56)ncc24)O[C@@H](C2(CN4CCOCC4)CC2)C[C@@]3(C)O)C1. The molecular weight excluding hydrogens is 668 g/mol. The number of nitrogens with two attached hydrogens (primary N) is 1. The fourth-order valence-electron chi connectivity index (χ4n) is 7.71. The Labute approximate surface area is 291 Å². The molecule has 4 N–H and O–H groups in total. The molecule has 3 atom stereocenters. The smallest absolute Gasteiger partial charge is 0.243 e. The molecule has 12 nitrogen and oxygen atoms in total. The Morgan fingerprint density at radius 1 is 1.18 bits per heavy atom. The van der Waals surface area contributed by atoms with E-state index in [2.05, 4.69) is 26.8 Å². The van der Waals surface area contributed by atoms with Crippen molar-refractivity contribution >= 4 is 49.2 Å². The van der Waals surface area contributed by atoms with Gasteiger partial charge in [0.25, 0.3) is 0 Å². The minimum Gasteiger partial charge on any atom is -0.473 e. The van der Waals surface area contributed by atoms with Crippen LogP contribution in [0.15, 0.2) is 31.0 Å². The topological polar surface area (TPSA) is 148 Å². The number of anilines is 2. The average Bonchev–Trinajstić information content (AvgIpc) is 3.82. The summed E-state index contributed by atoms with van der Waals surface area (Å²) in [6, 6.07) is 2.26. The molecule has 1 saturated carbocycles. The van der Waals surface area contributed by atoms with Crippen molar-refractivity contribution in [3.05, 3.63) is 48.2 Å². The third-order valence-corrected chi connectivity index (χ3v) is 11.3. The summed E-state index contributed by atoms with van der Waals surface area (Å²) in [5.74, 6) is -1.45. The van der Waals surface area contributed by atoms with E-state index in [0.29, 0.717) is 56.0 Å². The molecule has 0 spiro atoms. The number of rotatable bonds is 7. The number of fused-ring (bicyclic) bond motifs is 3. The van der Waals surface area contributed by atoms with Crippen molar-refractivity contribution in [1.29, 1.82) is 0 Å². The van der Waals surface area contributed by atoms with Crippen molar-refractivity contribution in [1.82, 2.24) is 25.2 Å². The molecule has 3 aromatic heterocycles. The minimum absolute atomic E-state index is 0.0178. The first-order chi connectivity index (χ1) is 24.1. The molecule has 8 rings (SSSR count). The molecule has 1 aliphatic carbocycles. The van der Waals surface area contributed by atoms with Gasteiger partial charge in [-0.15, -0.1) is 0 Å². The molecule has 1 aromatic carbocycles. The Hall–Kier alpha value is -4.02. The second kappa shape index (κ2) is 12.6. The predicted octanol–water partition coefficient (Wildman–Crippen LogP) is 3.75. The molecule has 3 aliphatic heterocycles. The predicted molar refractivity (Wildman–Crippen MR) is 185 cm³/mol. The summed E-state index contributed by atoms with van der Waals surface area (Å²) in [5, 5.41) is 15.8. The van der Waals surface area contributed by atoms with Gasteiger partial charge in [-0.25, -0.2) is 18.7 Å². The Balaban J connectivity index is 1.28. The lowest BCUT2D eigenvalue weighted by atomic mass is 9.80. The van der Waals surface area contributed by atoms with E-state index < -0.39 is 23.3 Å². The molecule has 4 aliphatic rings. The first-order valence-electron chi connectivity index (χ1n) is 16.9.